The summed E-state index contributed by atoms with van der Waals surface area (Å²) >= 11 is 4.80. The van der Waals surface area contributed by atoms with Crippen LogP contribution in [0.25, 0.3) is 0 Å². The van der Waals surface area contributed by atoms with Crippen molar-refractivity contribution in [1.82, 2.24) is 4.98 Å². The molecule has 4 heteroatoms. The van der Waals surface area contributed by atoms with E-state index in [9.17, 15) is 0 Å². The molecule has 0 fully saturated rings. The highest BCUT2D eigenvalue weighted by Crippen LogP contribution is 2.23. The van der Waals surface area contributed by atoms with Crippen LogP contribution in [0, 0.1) is 0 Å². The van der Waals surface area contributed by atoms with Crippen molar-refractivity contribution in [2.45, 2.75) is 32.8 Å². The molecular formula is C8H12BrNOS. The number of thiazole rings is 1. The van der Waals surface area contributed by atoms with Crippen LogP contribution < -0.4 is 4.74 Å². The summed E-state index contributed by atoms with van der Waals surface area (Å²) in [6, 6.07) is 0. The molecule has 0 bridgehead atoms. The molecule has 0 aromatic carbocycles. The fourth-order valence-electron chi connectivity index (χ4n) is 0.931. The highest BCUT2D eigenvalue weighted by Gasteiger charge is 2.05. The second kappa shape index (κ2) is 4.82. The summed E-state index contributed by atoms with van der Waals surface area (Å²) in [5.41, 5.74) is 0. The van der Waals surface area contributed by atoms with Crippen LogP contribution in [0.2, 0.25) is 0 Å². The largest absolute Gasteiger partial charge is 0.467 e. The third-order valence-corrected chi connectivity index (χ3v) is 2.89. The minimum atomic E-state index is 0.271. The summed E-state index contributed by atoms with van der Waals surface area (Å²) in [7, 11) is 0. The lowest BCUT2D eigenvalue weighted by molar-refractivity contribution is 0.209. The number of hydrogen-bond acceptors (Lipinski definition) is 3. The van der Waals surface area contributed by atoms with E-state index < -0.39 is 0 Å². The molecule has 0 aliphatic rings. The molecule has 1 heterocycles. The van der Waals surface area contributed by atoms with E-state index in [4.69, 9.17) is 4.74 Å². The second-order valence-corrected chi connectivity index (χ2v) is 4.29. The summed E-state index contributed by atoms with van der Waals surface area (Å²) in [5, 5.41) is 2.68. The van der Waals surface area contributed by atoms with E-state index in [0.29, 0.717) is 0 Å². The number of hydrogen-bond donors (Lipinski definition) is 0. The fraction of sp³-hybridized carbons (Fsp3) is 0.625. The van der Waals surface area contributed by atoms with Gasteiger partial charge in [-0.1, -0.05) is 24.7 Å². The first-order valence-electron chi connectivity index (χ1n) is 4.00. The van der Waals surface area contributed by atoms with E-state index in [2.05, 4.69) is 34.8 Å². The molecule has 0 amide bonds. The Kier molecular flexibility index (Phi) is 4.01. The topological polar surface area (TPSA) is 22.1 Å². The molecule has 0 aliphatic carbocycles. The molecule has 1 unspecified atom stereocenters. The van der Waals surface area contributed by atoms with Gasteiger partial charge in [0.05, 0.1) is 6.10 Å². The molecule has 1 aromatic heterocycles. The van der Waals surface area contributed by atoms with Crippen molar-refractivity contribution in [3.63, 3.8) is 0 Å². The molecule has 12 heavy (non-hydrogen) atoms. The molecule has 0 radical (unpaired) electrons. The van der Waals surface area contributed by atoms with E-state index in [1.54, 1.807) is 0 Å². The van der Waals surface area contributed by atoms with Crippen LogP contribution in [-0.4, -0.2) is 11.1 Å². The number of nitrogens with zero attached hydrogens (tertiary/aromatic N) is 1. The molecule has 1 aromatic rings. The monoisotopic (exact) mass is 249 g/mol. The fourth-order valence-corrected chi connectivity index (χ4v) is 2.11. The van der Waals surface area contributed by atoms with Crippen molar-refractivity contribution in [3.8, 4) is 5.19 Å². The van der Waals surface area contributed by atoms with E-state index in [-0.39, 0.29) is 6.10 Å². The van der Waals surface area contributed by atoms with Gasteiger partial charge in [-0.15, -0.1) is 0 Å². The van der Waals surface area contributed by atoms with Gasteiger partial charge in [-0.25, -0.2) is 0 Å². The Morgan fingerprint density at radius 1 is 1.75 bits per heavy atom. The third kappa shape index (κ3) is 3.11. The molecule has 0 saturated carbocycles. The molecule has 0 spiro atoms. The Balaban J connectivity index is 2.41. The molecular weight excluding hydrogens is 238 g/mol. The molecule has 1 atom stereocenters. The summed E-state index contributed by atoms with van der Waals surface area (Å²) in [6.07, 6.45) is 2.50. The lowest BCUT2D eigenvalue weighted by Crippen LogP contribution is -2.10. The van der Waals surface area contributed by atoms with Gasteiger partial charge in [-0.2, -0.15) is 4.98 Å². The second-order valence-electron chi connectivity index (χ2n) is 2.65. The maximum atomic E-state index is 5.55. The van der Waals surface area contributed by atoms with Gasteiger partial charge in [0, 0.05) is 5.38 Å². The summed E-state index contributed by atoms with van der Waals surface area (Å²) in [4.78, 5) is 4.15. The summed E-state index contributed by atoms with van der Waals surface area (Å²) in [6.45, 7) is 4.22. The van der Waals surface area contributed by atoms with Gasteiger partial charge in [-0.3, -0.25) is 0 Å². The van der Waals surface area contributed by atoms with E-state index in [0.717, 1.165) is 22.6 Å². The van der Waals surface area contributed by atoms with E-state index >= 15 is 0 Å². The summed E-state index contributed by atoms with van der Waals surface area (Å²) < 4.78 is 6.41. The number of halogens is 1. The number of ether oxygens (including phenoxy) is 1. The average Bonchev–Trinajstić information content (AvgIpc) is 2.36. The van der Waals surface area contributed by atoms with Crippen molar-refractivity contribution in [1.29, 1.82) is 0 Å². The minimum absolute atomic E-state index is 0.271. The van der Waals surface area contributed by atoms with Gasteiger partial charge in [0.15, 0.2) is 0 Å². The zero-order valence-electron chi connectivity index (χ0n) is 7.21. The van der Waals surface area contributed by atoms with Crippen LogP contribution in [0.5, 0.6) is 5.19 Å². The normalized spacial score (nSPS) is 12.9. The molecule has 68 valence electrons. The van der Waals surface area contributed by atoms with Gasteiger partial charge in [0.1, 0.15) is 4.60 Å². The maximum absolute atomic E-state index is 5.55. The van der Waals surface area contributed by atoms with Crippen molar-refractivity contribution >= 4 is 27.3 Å². The lowest BCUT2D eigenvalue weighted by atomic mass is 10.2. The Morgan fingerprint density at radius 2 is 2.50 bits per heavy atom. The Labute approximate surface area is 85.1 Å². The molecule has 2 nitrogen and oxygen atoms in total. The quantitative estimate of drug-likeness (QED) is 0.816. The molecule has 1 rings (SSSR count). The summed E-state index contributed by atoms with van der Waals surface area (Å²) in [5.74, 6) is 0. The van der Waals surface area contributed by atoms with Crippen molar-refractivity contribution in [2.24, 2.45) is 0 Å². The van der Waals surface area contributed by atoms with Gasteiger partial charge in [0.25, 0.3) is 5.19 Å². The minimum Gasteiger partial charge on any atom is -0.467 e. The van der Waals surface area contributed by atoms with Crippen LogP contribution in [0.3, 0.4) is 0 Å². The smallest absolute Gasteiger partial charge is 0.274 e. The Morgan fingerprint density at radius 3 is 3.00 bits per heavy atom. The predicted octanol–water partition coefficient (Wildman–Crippen LogP) is 3.47. The maximum Gasteiger partial charge on any atom is 0.274 e. The SMILES string of the molecule is CCCC(C)Oc1nc(Br)cs1. The molecule has 0 aliphatic heterocycles. The van der Waals surface area contributed by atoms with E-state index in [1.165, 1.54) is 11.3 Å². The van der Waals surface area contributed by atoms with Crippen molar-refractivity contribution < 1.29 is 4.74 Å². The highest BCUT2D eigenvalue weighted by atomic mass is 79.9. The van der Waals surface area contributed by atoms with Gasteiger partial charge in [-0.05, 0) is 29.3 Å². The molecule has 0 N–H and O–H groups in total. The highest BCUT2D eigenvalue weighted by molar-refractivity contribution is 9.10. The first-order valence-corrected chi connectivity index (χ1v) is 5.67. The zero-order valence-corrected chi connectivity index (χ0v) is 9.61. The van der Waals surface area contributed by atoms with Gasteiger partial charge in [0.2, 0.25) is 0 Å². The van der Waals surface area contributed by atoms with Gasteiger partial charge >= 0.3 is 0 Å². The van der Waals surface area contributed by atoms with Crippen LogP contribution in [0.1, 0.15) is 26.7 Å². The Hall–Kier alpha value is -0.0900. The number of rotatable bonds is 4. The van der Waals surface area contributed by atoms with E-state index in [1.807, 2.05) is 5.38 Å². The first-order chi connectivity index (χ1) is 5.72. The number of aromatic nitrogens is 1. The van der Waals surface area contributed by atoms with Crippen molar-refractivity contribution in [3.05, 3.63) is 9.98 Å². The van der Waals surface area contributed by atoms with Crippen LogP contribution in [0.4, 0.5) is 0 Å². The van der Waals surface area contributed by atoms with Crippen molar-refractivity contribution in [2.75, 3.05) is 0 Å². The van der Waals surface area contributed by atoms with Gasteiger partial charge < -0.3 is 4.74 Å². The average molecular weight is 250 g/mol. The predicted molar refractivity (Wildman–Crippen MR) is 54.8 cm³/mol. The first kappa shape index (κ1) is 9.99. The zero-order chi connectivity index (χ0) is 8.97. The van der Waals surface area contributed by atoms with Crippen LogP contribution in [0.15, 0.2) is 9.98 Å². The Bertz CT molecular complexity index is 239. The lowest BCUT2D eigenvalue weighted by Gasteiger charge is -2.09. The third-order valence-electron chi connectivity index (χ3n) is 1.45. The van der Waals surface area contributed by atoms with Crippen LogP contribution >= 0.6 is 27.3 Å². The molecule has 0 saturated heterocycles. The standard InChI is InChI=1S/C8H12BrNOS/c1-3-4-6(2)11-8-10-7(9)5-12-8/h5-6H,3-4H2,1-2H3. The van der Waals surface area contributed by atoms with Crippen LogP contribution in [-0.2, 0) is 0 Å².